The number of hydrogen-bond donors (Lipinski definition) is 1. The predicted octanol–water partition coefficient (Wildman–Crippen LogP) is 0.456. The average Bonchev–Trinajstić information content (AvgIpc) is 3.01. The number of pyridine rings is 1. The van der Waals surface area contributed by atoms with Gasteiger partial charge in [-0.25, -0.2) is 9.65 Å². The Hall–Kier alpha value is -2.04. The molecule has 1 aliphatic rings. The summed E-state index contributed by atoms with van der Waals surface area (Å²) in [6.45, 7) is 1.44. The van der Waals surface area contributed by atoms with E-state index in [0.29, 0.717) is 24.3 Å². The van der Waals surface area contributed by atoms with E-state index in [-0.39, 0.29) is 6.04 Å². The summed E-state index contributed by atoms with van der Waals surface area (Å²) in [4.78, 5) is 2.20. The number of ether oxygens (including phenoxy) is 2. The molecule has 0 saturated carbocycles. The third-order valence-electron chi connectivity index (χ3n) is 4.72. The molecule has 0 atom stereocenters. The van der Waals surface area contributed by atoms with Gasteiger partial charge in [-0.1, -0.05) is 0 Å². The molecule has 0 aromatic carbocycles. The van der Waals surface area contributed by atoms with Crippen LogP contribution in [0, 0.1) is 0 Å². The van der Waals surface area contributed by atoms with Crippen LogP contribution in [-0.4, -0.2) is 62.7 Å². The lowest BCUT2D eigenvalue weighted by atomic mass is 10.0. The monoisotopic (exact) mass is 369 g/mol. The van der Waals surface area contributed by atoms with E-state index in [1.54, 1.807) is 31.1 Å². The lowest BCUT2D eigenvalue weighted by Gasteiger charge is -2.36. The van der Waals surface area contributed by atoms with E-state index in [2.05, 4.69) is 10.00 Å². The van der Waals surface area contributed by atoms with Crippen LogP contribution in [0.3, 0.4) is 0 Å². The molecule has 2 aromatic rings. The molecule has 1 fully saturated rings. The van der Waals surface area contributed by atoms with Gasteiger partial charge in [0.05, 0.1) is 37.8 Å². The maximum atomic E-state index is 11.5. The normalized spacial score (nSPS) is 16.6. The lowest BCUT2D eigenvalue weighted by molar-refractivity contribution is 0.312. The number of fused-ring (bicyclic) bond motifs is 1. The van der Waals surface area contributed by atoms with E-state index in [9.17, 15) is 8.42 Å². The molecule has 3 heterocycles. The Morgan fingerprint density at radius 3 is 2.44 bits per heavy atom. The van der Waals surface area contributed by atoms with Crippen molar-refractivity contribution in [3.05, 3.63) is 18.5 Å². The lowest BCUT2D eigenvalue weighted by Crippen LogP contribution is -2.47. The first-order chi connectivity index (χ1) is 11.8. The summed E-state index contributed by atoms with van der Waals surface area (Å²) in [6.07, 6.45) is 4.99. The standard InChI is InChI=1S/C15H23N5O4S/c1-18(25(16,21)22)11-4-6-19(7-5-11)13-9-17-20-10-15(24-3)14(23-2)8-12(13)20/h8-11H,4-7H2,1-3H3,(H2,16,21,22). The Morgan fingerprint density at radius 2 is 1.88 bits per heavy atom. The van der Waals surface area contributed by atoms with E-state index in [0.717, 1.165) is 24.3 Å². The molecule has 0 unspecified atom stereocenters. The summed E-state index contributed by atoms with van der Waals surface area (Å²) in [5.74, 6) is 1.25. The van der Waals surface area contributed by atoms with Gasteiger partial charge in [-0.15, -0.1) is 0 Å². The van der Waals surface area contributed by atoms with E-state index < -0.39 is 10.2 Å². The fraction of sp³-hybridized carbons (Fsp3) is 0.533. The highest BCUT2D eigenvalue weighted by atomic mass is 32.2. The first-order valence-corrected chi connectivity index (χ1v) is 9.45. The van der Waals surface area contributed by atoms with Crippen molar-refractivity contribution in [3.8, 4) is 11.5 Å². The maximum absolute atomic E-state index is 11.5. The van der Waals surface area contributed by atoms with E-state index in [4.69, 9.17) is 14.6 Å². The molecule has 138 valence electrons. The van der Waals surface area contributed by atoms with Crippen LogP contribution < -0.4 is 19.5 Å². The van der Waals surface area contributed by atoms with E-state index in [1.165, 1.54) is 11.4 Å². The van der Waals surface area contributed by atoms with Crippen LogP contribution in [0.1, 0.15) is 12.8 Å². The van der Waals surface area contributed by atoms with Crippen LogP contribution in [0.2, 0.25) is 0 Å². The Kier molecular flexibility index (Phi) is 4.76. The third-order valence-corrected chi connectivity index (χ3v) is 5.83. The average molecular weight is 369 g/mol. The third kappa shape index (κ3) is 3.37. The van der Waals surface area contributed by atoms with Crippen molar-refractivity contribution < 1.29 is 17.9 Å². The second-order valence-corrected chi connectivity index (χ2v) is 7.66. The number of methoxy groups -OCH3 is 2. The Morgan fingerprint density at radius 1 is 1.24 bits per heavy atom. The first-order valence-electron chi connectivity index (χ1n) is 7.95. The van der Waals surface area contributed by atoms with Crippen molar-refractivity contribution in [2.45, 2.75) is 18.9 Å². The van der Waals surface area contributed by atoms with Gasteiger partial charge in [0.1, 0.15) is 0 Å². The minimum Gasteiger partial charge on any atom is -0.493 e. The van der Waals surface area contributed by atoms with Crippen molar-refractivity contribution >= 4 is 21.4 Å². The van der Waals surface area contributed by atoms with Gasteiger partial charge in [0, 0.05) is 32.2 Å². The minimum absolute atomic E-state index is 0.0808. The van der Waals surface area contributed by atoms with Crippen LogP contribution in [0.4, 0.5) is 5.69 Å². The summed E-state index contributed by atoms with van der Waals surface area (Å²) in [5, 5.41) is 9.60. The summed E-state index contributed by atoms with van der Waals surface area (Å²) in [7, 11) is 1.05. The minimum atomic E-state index is -3.66. The number of piperidine rings is 1. The molecular formula is C15H23N5O4S. The zero-order chi connectivity index (χ0) is 18.2. The molecule has 0 amide bonds. The Balaban J connectivity index is 1.82. The number of hydrogen-bond acceptors (Lipinski definition) is 6. The molecular weight excluding hydrogens is 346 g/mol. The Bertz CT molecular complexity index is 858. The highest BCUT2D eigenvalue weighted by Crippen LogP contribution is 2.33. The molecule has 0 aliphatic carbocycles. The fourth-order valence-electron chi connectivity index (χ4n) is 3.21. The van der Waals surface area contributed by atoms with Gasteiger partial charge in [0.15, 0.2) is 11.5 Å². The first kappa shape index (κ1) is 17.8. The largest absolute Gasteiger partial charge is 0.493 e. The molecule has 0 spiro atoms. The summed E-state index contributed by atoms with van der Waals surface area (Å²) in [5.41, 5.74) is 1.90. The highest BCUT2D eigenvalue weighted by molar-refractivity contribution is 7.86. The number of nitrogens with zero attached hydrogens (tertiary/aromatic N) is 4. The highest BCUT2D eigenvalue weighted by Gasteiger charge is 2.28. The van der Waals surface area contributed by atoms with Gasteiger partial charge in [0.25, 0.3) is 10.2 Å². The van der Waals surface area contributed by atoms with Crippen LogP contribution in [0.15, 0.2) is 18.5 Å². The molecule has 3 rings (SSSR count). The summed E-state index contributed by atoms with van der Waals surface area (Å²) in [6, 6.07) is 1.81. The zero-order valence-electron chi connectivity index (χ0n) is 14.5. The van der Waals surface area contributed by atoms with E-state index in [1.807, 2.05) is 6.07 Å². The second-order valence-electron chi connectivity index (χ2n) is 6.05. The molecule has 2 aromatic heterocycles. The molecule has 10 heteroatoms. The molecule has 9 nitrogen and oxygen atoms in total. The molecule has 1 saturated heterocycles. The molecule has 25 heavy (non-hydrogen) atoms. The van der Waals surface area contributed by atoms with Crippen molar-refractivity contribution in [3.63, 3.8) is 0 Å². The van der Waals surface area contributed by atoms with Crippen molar-refractivity contribution in [1.82, 2.24) is 13.9 Å². The van der Waals surface area contributed by atoms with Gasteiger partial charge in [-0.3, -0.25) is 0 Å². The molecule has 0 radical (unpaired) electrons. The molecule has 1 aliphatic heterocycles. The van der Waals surface area contributed by atoms with Crippen LogP contribution >= 0.6 is 0 Å². The molecule has 0 bridgehead atoms. The summed E-state index contributed by atoms with van der Waals surface area (Å²) < 4.78 is 36.7. The predicted molar refractivity (Wildman–Crippen MR) is 94.4 cm³/mol. The topological polar surface area (TPSA) is 102 Å². The second kappa shape index (κ2) is 6.70. The summed E-state index contributed by atoms with van der Waals surface area (Å²) >= 11 is 0. The SMILES string of the molecule is COc1cc2c(N3CCC(N(C)S(N)(=O)=O)CC3)cnn2cc1OC. The van der Waals surface area contributed by atoms with Crippen molar-refractivity contribution in [1.29, 1.82) is 0 Å². The van der Waals surface area contributed by atoms with Gasteiger partial charge in [-0.05, 0) is 12.8 Å². The van der Waals surface area contributed by atoms with Crippen LogP contribution in [0.5, 0.6) is 11.5 Å². The van der Waals surface area contributed by atoms with Crippen LogP contribution in [0.25, 0.3) is 5.52 Å². The van der Waals surface area contributed by atoms with Gasteiger partial charge >= 0.3 is 0 Å². The quantitative estimate of drug-likeness (QED) is 0.821. The van der Waals surface area contributed by atoms with Crippen LogP contribution in [-0.2, 0) is 10.2 Å². The molecule has 2 N–H and O–H groups in total. The maximum Gasteiger partial charge on any atom is 0.276 e. The fourth-order valence-corrected chi connectivity index (χ4v) is 3.84. The van der Waals surface area contributed by atoms with Gasteiger partial charge < -0.3 is 14.4 Å². The van der Waals surface area contributed by atoms with E-state index >= 15 is 0 Å². The number of rotatable bonds is 5. The van der Waals surface area contributed by atoms with Gasteiger partial charge in [-0.2, -0.15) is 17.8 Å². The number of anilines is 1. The van der Waals surface area contributed by atoms with Gasteiger partial charge in [0.2, 0.25) is 0 Å². The Labute approximate surface area is 147 Å². The number of nitrogens with two attached hydrogens (primary N) is 1. The smallest absolute Gasteiger partial charge is 0.276 e. The number of aromatic nitrogens is 2. The zero-order valence-corrected chi connectivity index (χ0v) is 15.4. The van der Waals surface area contributed by atoms with Crippen molar-refractivity contribution in [2.24, 2.45) is 5.14 Å². The van der Waals surface area contributed by atoms with Crippen molar-refractivity contribution in [2.75, 3.05) is 39.3 Å².